The fourth-order valence-corrected chi connectivity index (χ4v) is 1.51. The summed E-state index contributed by atoms with van der Waals surface area (Å²) in [6.45, 7) is 1.89. The Labute approximate surface area is 108 Å². The van der Waals surface area contributed by atoms with E-state index in [4.69, 9.17) is 11.6 Å². The molecular formula is C12H11BrClNO. The molecule has 0 bridgehead atoms. The van der Waals surface area contributed by atoms with Gasteiger partial charge >= 0.3 is 0 Å². The third-order valence-corrected chi connectivity index (χ3v) is 2.95. The second-order valence-electron chi connectivity index (χ2n) is 3.00. The fourth-order valence-electron chi connectivity index (χ4n) is 1.01. The molecule has 0 aliphatic carbocycles. The number of allylic oxidation sites excluding steroid dienone is 3. The highest BCUT2D eigenvalue weighted by molar-refractivity contribution is 9.10. The second-order valence-corrected chi connectivity index (χ2v) is 4.26. The summed E-state index contributed by atoms with van der Waals surface area (Å²) in [6, 6.07) is 5.22. The van der Waals surface area contributed by atoms with E-state index in [0.29, 0.717) is 10.7 Å². The van der Waals surface area contributed by atoms with Crippen LogP contribution in [0.3, 0.4) is 0 Å². The fraction of sp³-hybridized carbons (Fsp3) is 0.0833. The van der Waals surface area contributed by atoms with Gasteiger partial charge in [0.05, 0.1) is 5.02 Å². The number of anilines is 1. The molecule has 0 unspecified atom stereocenters. The van der Waals surface area contributed by atoms with Gasteiger partial charge in [0.2, 0.25) is 5.91 Å². The Balaban J connectivity index is 2.66. The van der Waals surface area contributed by atoms with Crippen molar-refractivity contribution in [1.29, 1.82) is 0 Å². The summed E-state index contributed by atoms with van der Waals surface area (Å²) < 4.78 is 0.754. The lowest BCUT2D eigenvalue weighted by Gasteiger charge is -2.03. The number of hydrogen-bond donors (Lipinski definition) is 1. The van der Waals surface area contributed by atoms with E-state index in [1.165, 1.54) is 6.08 Å². The first-order valence-electron chi connectivity index (χ1n) is 4.69. The van der Waals surface area contributed by atoms with Crippen molar-refractivity contribution >= 4 is 39.1 Å². The highest BCUT2D eigenvalue weighted by Crippen LogP contribution is 2.25. The molecule has 1 aromatic carbocycles. The second kappa shape index (κ2) is 6.51. The summed E-state index contributed by atoms with van der Waals surface area (Å²) in [6.07, 6.45) is 6.78. The van der Waals surface area contributed by atoms with Crippen molar-refractivity contribution in [3.63, 3.8) is 0 Å². The van der Waals surface area contributed by atoms with Crippen LogP contribution < -0.4 is 5.32 Å². The molecule has 0 aliphatic heterocycles. The molecule has 1 rings (SSSR count). The van der Waals surface area contributed by atoms with Crippen molar-refractivity contribution in [2.24, 2.45) is 0 Å². The number of halogens is 2. The average Bonchev–Trinajstić information content (AvgIpc) is 2.24. The van der Waals surface area contributed by atoms with Crippen LogP contribution in [-0.2, 0) is 4.79 Å². The number of benzene rings is 1. The zero-order valence-electron chi connectivity index (χ0n) is 8.71. The molecule has 0 aromatic heterocycles. The van der Waals surface area contributed by atoms with Crippen molar-refractivity contribution in [3.05, 3.63) is 52.0 Å². The first-order valence-corrected chi connectivity index (χ1v) is 5.86. The molecule has 4 heteroatoms. The molecule has 0 heterocycles. The molecule has 0 saturated carbocycles. The summed E-state index contributed by atoms with van der Waals surface area (Å²) in [7, 11) is 0. The first kappa shape index (κ1) is 13.0. The van der Waals surface area contributed by atoms with Crippen LogP contribution in [-0.4, -0.2) is 5.91 Å². The average molecular weight is 301 g/mol. The van der Waals surface area contributed by atoms with E-state index < -0.39 is 0 Å². The van der Waals surface area contributed by atoms with E-state index in [1.807, 2.05) is 13.0 Å². The molecule has 1 amide bonds. The minimum absolute atomic E-state index is 0.174. The van der Waals surface area contributed by atoms with Gasteiger partial charge < -0.3 is 5.32 Å². The van der Waals surface area contributed by atoms with Crippen molar-refractivity contribution in [1.82, 2.24) is 0 Å². The van der Waals surface area contributed by atoms with Gasteiger partial charge in [0.1, 0.15) is 0 Å². The molecule has 0 spiro atoms. The summed E-state index contributed by atoms with van der Waals surface area (Å²) in [5.41, 5.74) is 0.700. The zero-order chi connectivity index (χ0) is 12.0. The van der Waals surface area contributed by atoms with Gasteiger partial charge in [-0.15, -0.1) is 0 Å². The number of rotatable bonds is 3. The lowest BCUT2D eigenvalue weighted by Crippen LogP contribution is -2.07. The maximum absolute atomic E-state index is 11.4. The number of nitrogens with one attached hydrogen (secondary N) is 1. The molecule has 84 valence electrons. The van der Waals surface area contributed by atoms with Gasteiger partial charge in [-0.1, -0.05) is 29.8 Å². The van der Waals surface area contributed by atoms with Crippen molar-refractivity contribution in [2.45, 2.75) is 6.92 Å². The van der Waals surface area contributed by atoms with Gasteiger partial charge in [-0.3, -0.25) is 4.79 Å². The van der Waals surface area contributed by atoms with Crippen LogP contribution in [0.2, 0.25) is 5.02 Å². The summed E-state index contributed by atoms with van der Waals surface area (Å²) >= 11 is 9.12. The molecule has 0 atom stereocenters. The van der Waals surface area contributed by atoms with E-state index in [-0.39, 0.29) is 5.91 Å². The van der Waals surface area contributed by atoms with Gasteiger partial charge in [-0.25, -0.2) is 0 Å². The van der Waals surface area contributed by atoms with Crippen molar-refractivity contribution in [2.75, 3.05) is 5.32 Å². The number of amides is 1. The van der Waals surface area contributed by atoms with E-state index in [2.05, 4.69) is 21.2 Å². The molecule has 0 fully saturated rings. The van der Waals surface area contributed by atoms with E-state index in [1.54, 1.807) is 30.4 Å². The normalized spacial score (nSPS) is 11.2. The van der Waals surface area contributed by atoms with Crippen LogP contribution >= 0.6 is 27.5 Å². The minimum Gasteiger partial charge on any atom is -0.322 e. The lowest BCUT2D eigenvalue weighted by atomic mass is 10.3. The predicted molar refractivity (Wildman–Crippen MR) is 71.7 cm³/mol. The third kappa shape index (κ3) is 4.21. The van der Waals surface area contributed by atoms with Crippen LogP contribution in [0.15, 0.2) is 47.0 Å². The lowest BCUT2D eigenvalue weighted by molar-refractivity contribution is -0.111. The standard InChI is InChI=1S/C12H11BrClNO/c1-2-3-4-5-12(16)15-9-6-7-11(14)10(13)8-9/h2-8H,1H3,(H,15,16). The number of hydrogen-bond acceptors (Lipinski definition) is 1. The Morgan fingerprint density at radius 3 is 2.81 bits per heavy atom. The van der Waals surface area contributed by atoms with E-state index in [9.17, 15) is 4.79 Å². The zero-order valence-corrected chi connectivity index (χ0v) is 11.0. The van der Waals surface area contributed by atoms with E-state index in [0.717, 1.165) is 4.47 Å². The topological polar surface area (TPSA) is 29.1 Å². The highest BCUT2D eigenvalue weighted by atomic mass is 79.9. The van der Waals surface area contributed by atoms with Crippen LogP contribution in [0.25, 0.3) is 0 Å². The van der Waals surface area contributed by atoms with Gasteiger partial charge in [0.25, 0.3) is 0 Å². The Hall–Kier alpha value is -1.06. The van der Waals surface area contributed by atoms with Crippen LogP contribution in [0.4, 0.5) is 5.69 Å². The van der Waals surface area contributed by atoms with Gasteiger partial charge in [-0.2, -0.15) is 0 Å². The van der Waals surface area contributed by atoms with Gasteiger partial charge in [-0.05, 0) is 41.1 Å². The maximum Gasteiger partial charge on any atom is 0.248 e. The molecule has 0 radical (unpaired) electrons. The molecular weight excluding hydrogens is 289 g/mol. The Morgan fingerprint density at radius 2 is 2.19 bits per heavy atom. The largest absolute Gasteiger partial charge is 0.322 e. The molecule has 16 heavy (non-hydrogen) atoms. The molecule has 1 aromatic rings. The maximum atomic E-state index is 11.4. The molecule has 0 saturated heterocycles. The van der Waals surface area contributed by atoms with Crippen molar-refractivity contribution < 1.29 is 4.79 Å². The van der Waals surface area contributed by atoms with Crippen LogP contribution in [0, 0.1) is 0 Å². The first-order chi connectivity index (χ1) is 7.63. The summed E-state index contributed by atoms with van der Waals surface area (Å²) in [5.74, 6) is -0.174. The number of carbonyl (C=O) groups excluding carboxylic acids is 1. The smallest absolute Gasteiger partial charge is 0.248 e. The van der Waals surface area contributed by atoms with Gasteiger partial charge in [0, 0.05) is 16.2 Å². The highest BCUT2D eigenvalue weighted by Gasteiger charge is 2.00. The molecule has 1 N–H and O–H groups in total. The number of carbonyl (C=O) groups is 1. The monoisotopic (exact) mass is 299 g/mol. The summed E-state index contributed by atoms with van der Waals surface area (Å²) in [5, 5.41) is 3.33. The Bertz CT molecular complexity index is 441. The van der Waals surface area contributed by atoms with Crippen molar-refractivity contribution in [3.8, 4) is 0 Å². The Morgan fingerprint density at radius 1 is 1.44 bits per heavy atom. The minimum atomic E-state index is -0.174. The summed E-state index contributed by atoms with van der Waals surface area (Å²) in [4.78, 5) is 11.4. The molecule has 2 nitrogen and oxygen atoms in total. The molecule has 0 aliphatic rings. The van der Waals surface area contributed by atoms with Gasteiger partial charge in [0.15, 0.2) is 0 Å². The quantitative estimate of drug-likeness (QED) is 0.658. The van der Waals surface area contributed by atoms with Crippen LogP contribution in [0.5, 0.6) is 0 Å². The third-order valence-electron chi connectivity index (χ3n) is 1.74. The predicted octanol–water partition coefficient (Wildman–Crippen LogP) is 4.17. The van der Waals surface area contributed by atoms with E-state index >= 15 is 0 Å². The van der Waals surface area contributed by atoms with Crippen LogP contribution in [0.1, 0.15) is 6.92 Å². The SMILES string of the molecule is CC=CC=CC(=O)Nc1ccc(Cl)c(Br)c1. The Kier molecular flexibility index (Phi) is 5.29.